The van der Waals surface area contributed by atoms with Gasteiger partial charge in [-0.1, -0.05) is 31.2 Å². The molecule has 0 heterocycles. The summed E-state index contributed by atoms with van der Waals surface area (Å²) in [5.41, 5.74) is 1.88. The van der Waals surface area contributed by atoms with Crippen molar-refractivity contribution in [2.75, 3.05) is 0 Å². The van der Waals surface area contributed by atoms with Crippen LogP contribution in [0.15, 0.2) is 24.3 Å². The molecule has 1 unspecified atom stereocenters. The number of carboxylic acid groups (broad SMARTS) is 1. The molecule has 0 aliphatic heterocycles. The molecule has 1 aromatic rings. The Morgan fingerprint density at radius 3 is 2.40 bits per heavy atom. The maximum Gasteiger partial charge on any atom is 0.303 e. The fraction of sp³-hybridized carbons (Fsp3) is 0.417. The zero-order chi connectivity index (χ0) is 11.3. The average molecular weight is 208 g/mol. The number of rotatable bonds is 5. The van der Waals surface area contributed by atoms with Gasteiger partial charge in [-0.15, -0.1) is 0 Å². The summed E-state index contributed by atoms with van der Waals surface area (Å²) in [7, 11) is 0. The smallest absolute Gasteiger partial charge is 0.303 e. The fourth-order valence-electron chi connectivity index (χ4n) is 1.39. The molecule has 0 radical (unpaired) electrons. The van der Waals surface area contributed by atoms with Crippen LogP contribution in [-0.4, -0.2) is 16.2 Å². The fourth-order valence-corrected chi connectivity index (χ4v) is 1.39. The van der Waals surface area contributed by atoms with Gasteiger partial charge >= 0.3 is 5.97 Å². The predicted octanol–water partition coefficient (Wildman–Crippen LogP) is 2.15. The van der Waals surface area contributed by atoms with Gasteiger partial charge in [0.25, 0.3) is 0 Å². The van der Waals surface area contributed by atoms with Gasteiger partial charge in [0, 0.05) is 6.42 Å². The molecule has 1 aromatic carbocycles. The van der Waals surface area contributed by atoms with Gasteiger partial charge in [0.2, 0.25) is 0 Å². The molecule has 3 nitrogen and oxygen atoms in total. The highest BCUT2D eigenvalue weighted by atomic mass is 16.4. The van der Waals surface area contributed by atoms with E-state index in [0.717, 1.165) is 11.1 Å². The highest BCUT2D eigenvalue weighted by Gasteiger charge is 2.04. The van der Waals surface area contributed by atoms with E-state index >= 15 is 0 Å². The standard InChI is InChI=1S/C12H16O3/c1-2-11(13)10-6-3-9(4-7-10)5-8-12(14)15/h3-4,6-7,11,13H,2,5,8H2,1H3,(H,14,15). The van der Waals surface area contributed by atoms with Crippen molar-refractivity contribution in [3.8, 4) is 0 Å². The number of hydrogen-bond donors (Lipinski definition) is 2. The van der Waals surface area contributed by atoms with Gasteiger partial charge in [-0.2, -0.15) is 0 Å². The molecule has 2 N–H and O–H groups in total. The van der Waals surface area contributed by atoms with E-state index in [4.69, 9.17) is 5.11 Å². The average Bonchev–Trinajstić information content (AvgIpc) is 2.26. The highest BCUT2D eigenvalue weighted by molar-refractivity contribution is 5.67. The Bertz CT molecular complexity index is 316. The zero-order valence-electron chi connectivity index (χ0n) is 8.81. The van der Waals surface area contributed by atoms with Crippen molar-refractivity contribution in [3.05, 3.63) is 35.4 Å². The van der Waals surface area contributed by atoms with Crippen LogP contribution in [0.2, 0.25) is 0 Å². The Kier molecular flexibility index (Phi) is 4.31. The zero-order valence-corrected chi connectivity index (χ0v) is 8.81. The number of carboxylic acids is 1. The lowest BCUT2D eigenvalue weighted by Gasteiger charge is -2.08. The second-order valence-electron chi connectivity index (χ2n) is 3.56. The molecule has 15 heavy (non-hydrogen) atoms. The summed E-state index contributed by atoms with van der Waals surface area (Å²) in [4.78, 5) is 10.4. The number of aryl methyl sites for hydroxylation is 1. The normalized spacial score (nSPS) is 12.4. The van der Waals surface area contributed by atoms with E-state index in [9.17, 15) is 9.90 Å². The first kappa shape index (κ1) is 11.7. The minimum Gasteiger partial charge on any atom is -0.481 e. The minimum absolute atomic E-state index is 0.148. The van der Waals surface area contributed by atoms with E-state index in [-0.39, 0.29) is 6.42 Å². The van der Waals surface area contributed by atoms with E-state index in [1.807, 2.05) is 31.2 Å². The number of benzene rings is 1. The van der Waals surface area contributed by atoms with Gasteiger partial charge in [-0.05, 0) is 24.0 Å². The molecule has 82 valence electrons. The van der Waals surface area contributed by atoms with Gasteiger partial charge in [0.05, 0.1) is 6.10 Å². The maximum absolute atomic E-state index is 10.4. The molecule has 0 fully saturated rings. The Hall–Kier alpha value is -1.35. The molecule has 3 heteroatoms. The second kappa shape index (κ2) is 5.51. The van der Waals surface area contributed by atoms with E-state index in [1.54, 1.807) is 0 Å². The maximum atomic E-state index is 10.4. The minimum atomic E-state index is -0.785. The van der Waals surface area contributed by atoms with Crippen molar-refractivity contribution in [1.29, 1.82) is 0 Å². The monoisotopic (exact) mass is 208 g/mol. The molecule has 0 aliphatic carbocycles. The lowest BCUT2D eigenvalue weighted by molar-refractivity contribution is -0.136. The SMILES string of the molecule is CCC(O)c1ccc(CCC(=O)O)cc1. The summed E-state index contributed by atoms with van der Waals surface area (Å²) >= 11 is 0. The summed E-state index contributed by atoms with van der Waals surface area (Å²) in [5.74, 6) is -0.785. The lowest BCUT2D eigenvalue weighted by atomic mass is 10.0. The third-order valence-corrected chi connectivity index (χ3v) is 2.38. The molecule has 1 atom stereocenters. The molecule has 0 aliphatic rings. The summed E-state index contributed by atoms with van der Waals surface area (Å²) in [5, 5.41) is 18.1. The first-order chi connectivity index (χ1) is 7.13. The van der Waals surface area contributed by atoms with Crippen LogP contribution in [-0.2, 0) is 11.2 Å². The van der Waals surface area contributed by atoms with Crippen molar-refractivity contribution >= 4 is 5.97 Å². The molecule has 0 amide bonds. The van der Waals surface area contributed by atoms with Crippen LogP contribution >= 0.6 is 0 Å². The van der Waals surface area contributed by atoms with E-state index in [2.05, 4.69) is 0 Å². The van der Waals surface area contributed by atoms with Gasteiger partial charge in [0.15, 0.2) is 0 Å². The molecule has 0 saturated heterocycles. The highest BCUT2D eigenvalue weighted by Crippen LogP contribution is 2.17. The Morgan fingerprint density at radius 1 is 1.33 bits per heavy atom. The van der Waals surface area contributed by atoms with Crippen molar-refractivity contribution in [3.63, 3.8) is 0 Å². The predicted molar refractivity (Wildman–Crippen MR) is 57.6 cm³/mol. The quantitative estimate of drug-likeness (QED) is 0.779. The first-order valence-electron chi connectivity index (χ1n) is 5.12. The van der Waals surface area contributed by atoms with Gasteiger partial charge in [-0.3, -0.25) is 4.79 Å². The third-order valence-electron chi connectivity index (χ3n) is 2.38. The van der Waals surface area contributed by atoms with Crippen LogP contribution in [0, 0.1) is 0 Å². The van der Waals surface area contributed by atoms with Crippen LogP contribution < -0.4 is 0 Å². The number of aliphatic hydroxyl groups is 1. The first-order valence-corrected chi connectivity index (χ1v) is 5.12. The molecule has 0 spiro atoms. The summed E-state index contributed by atoms with van der Waals surface area (Å²) in [6.45, 7) is 1.92. The number of carbonyl (C=O) groups is 1. The van der Waals surface area contributed by atoms with Crippen molar-refractivity contribution < 1.29 is 15.0 Å². The van der Waals surface area contributed by atoms with Crippen molar-refractivity contribution in [2.45, 2.75) is 32.3 Å². The topological polar surface area (TPSA) is 57.5 Å². The number of aliphatic carboxylic acids is 1. The van der Waals surface area contributed by atoms with Gasteiger partial charge < -0.3 is 10.2 Å². The molecule has 1 rings (SSSR count). The third kappa shape index (κ3) is 3.72. The molecule has 0 aromatic heterocycles. The number of hydrogen-bond acceptors (Lipinski definition) is 2. The van der Waals surface area contributed by atoms with Crippen LogP contribution in [0.1, 0.15) is 37.0 Å². The van der Waals surface area contributed by atoms with E-state index in [1.165, 1.54) is 0 Å². The van der Waals surface area contributed by atoms with Crippen LogP contribution in [0.4, 0.5) is 0 Å². The van der Waals surface area contributed by atoms with Crippen LogP contribution in [0.5, 0.6) is 0 Å². The molecule has 0 saturated carbocycles. The Labute approximate surface area is 89.4 Å². The second-order valence-corrected chi connectivity index (χ2v) is 3.56. The Morgan fingerprint density at radius 2 is 1.93 bits per heavy atom. The van der Waals surface area contributed by atoms with Crippen molar-refractivity contribution in [2.24, 2.45) is 0 Å². The molecular weight excluding hydrogens is 192 g/mol. The Balaban J connectivity index is 2.60. The van der Waals surface area contributed by atoms with Crippen LogP contribution in [0.25, 0.3) is 0 Å². The molecule has 0 bridgehead atoms. The van der Waals surface area contributed by atoms with Gasteiger partial charge in [-0.25, -0.2) is 0 Å². The van der Waals surface area contributed by atoms with E-state index in [0.29, 0.717) is 12.8 Å². The van der Waals surface area contributed by atoms with Crippen molar-refractivity contribution in [1.82, 2.24) is 0 Å². The largest absolute Gasteiger partial charge is 0.481 e. The summed E-state index contributed by atoms with van der Waals surface area (Å²) in [6, 6.07) is 7.45. The van der Waals surface area contributed by atoms with Crippen LogP contribution in [0.3, 0.4) is 0 Å². The summed E-state index contributed by atoms with van der Waals surface area (Å²) in [6.07, 6.45) is 0.959. The summed E-state index contributed by atoms with van der Waals surface area (Å²) < 4.78 is 0. The van der Waals surface area contributed by atoms with E-state index < -0.39 is 12.1 Å². The number of aliphatic hydroxyl groups excluding tert-OH is 1. The van der Waals surface area contributed by atoms with Gasteiger partial charge in [0.1, 0.15) is 0 Å². The lowest BCUT2D eigenvalue weighted by Crippen LogP contribution is -1.98. The molecular formula is C12H16O3.